The molecule has 0 radical (unpaired) electrons. The molecule has 0 atom stereocenters. The number of benzene rings is 1. The Hall–Kier alpha value is -3.00. The van der Waals surface area contributed by atoms with Crippen LogP contribution in [0.25, 0.3) is 0 Å². The number of nitrogens with two attached hydrogens (primary N) is 1. The van der Waals surface area contributed by atoms with E-state index in [1.807, 2.05) is 27.7 Å². The highest BCUT2D eigenvalue weighted by atomic mass is 16.5. The number of aromatic nitrogens is 2. The molecule has 4 N–H and O–H groups in total. The van der Waals surface area contributed by atoms with Gasteiger partial charge in [-0.2, -0.15) is 4.98 Å². The molecule has 1 saturated carbocycles. The van der Waals surface area contributed by atoms with Crippen molar-refractivity contribution in [1.82, 2.24) is 15.3 Å². The Labute approximate surface area is 201 Å². The number of aliphatic imine (C=N–C) groups is 1. The van der Waals surface area contributed by atoms with Gasteiger partial charge in [0.15, 0.2) is 11.5 Å². The summed E-state index contributed by atoms with van der Waals surface area (Å²) in [5.74, 6) is 1.62. The topological polar surface area (TPSA) is 123 Å². The molecule has 1 amide bonds. The zero-order chi connectivity index (χ0) is 24.5. The Bertz CT molecular complexity index is 1070. The molecule has 8 heteroatoms. The number of aliphatic hydroxyl groups is 1. The SMILES string of the molecule is CC(C)(CO)NC(=O)C[C@H]1CC[C@H](c2ccc(C3=Nc4c(N)ncnc4OC3(C)C)cc2)CC1. The Morgan fingerprint density at radius 2 is 1.85 bits per heavy atom. The van der Waals surface area contributed by atoms with Gasteiger partial charge in [0, 0.05) is 12.0 Å². The minimum Gasteiger partial charge on any atom is -0.463 e. The Balaban J connectivity index is 1.40. The standard InChI is InChI=1S/C26H35N5O3/c1-25(2,14-32)31-20(33)13-16-5-7-17(8-6-16)18-9-11-19(12-10-18)22-26(3,4)34-24-21(30-22)23(27)28-15-29-24/h9-12,15-17,32H,5-8,13-14H2,1-4H3,(H,31,33)(H2,27,28,29)/t16-,17-. The third-order valence-corrected chi connectivity index (χ3v) is 6.81. The highest BCUT2D eigenvalue weighted by Gasteiger charge is 2.35. The van der Waals surface area contributed by atoms with Gasteiger partial charge in [-0.3, -0.25) is 4.79 Å². The van der Waals surface area contributed by atoms with Gasteiger partial charge in [-0.25, -0.2) is 9.98 Å². The van der Waals surface area contributed by atoms with E-state index >= 15 is 0 Å². The summed E-state index contributed by atoms with van der Waals surface area (Å²) in [6.45, 7) is 7.54. The number of amides is 1. The number of fused-ring (bicyclic) bond motifs is 1. The van der Waals surface area contributed by atoms with Crippen LogP contribution in [0.1, 0.15) is 76.8 Å². The summed E-state index contributed by atoms with van der Waals surface area (Å²) < 4.78 is 6.09. The molecule has 2 aliphatic rings. The van der Waals surface area contributed by atoms with Gasteiger partial charge in [-0.15, -0.1) is 0 Å². The molecular formula is C26H35N5O3. The van der Waals surface area contributed by atoms with Crippen molar-refractivity contribution in [3.8, 4) is 5.88 Å². The number of rotatable bonds is 6. The first-order chi connectivity index (χ1) is 16.1. The van der Waals surface area contributed by atoms with E-state index in [0.29, 0.717) is 35.6 Å². The third kappa shape index (κ3) is 5.22. The molecule has 1 fully saturated rings. The van der Waals surface area contributed by atoms with E-state index in [1.165, 1.54) is 11.9 Å². The second kappa shape index (κ2) is 9.33. The fourth-order valence-electron chi connectivity index (χ4n) is 4.85. The number of anilines is 1. The number of hydrogen-bond acceptors (Lipinski definition) is 7. The summed E-state index contributed by atoms with van der Waals surface area (Å²) in [7, 11) is 0. The molecular weight excluding hydrogens is 430 g/mol. The maximum absolute atomic E-state index is 12.3. The van der Waals surface area contributed by atoms with E-state index in [9.17, 15) is 9.90 Å². The number of hydrogen-bond donors (Lipinski definition) is 3. The molecule has 1 aliphatic carbocycles. The van der Waals surface area contributed by atoms with Gasteiger partial charge in [0.1, 0.15) is 11.9 Å². The lowest BCUT2D eigenvalue weighted by Gasteiger charge is -2.32. The summed E-state index contributed by atoms with van der Waals surface area (Å²) in [5.41, 5.74) is 8.36. The summed E-state index contributed by atoms with van der Waals surface area (Å²) >= 11 is 0. The van der Waals surface area contributed by atoms with Crippen LogP contribution in [0, 0.1) is 5.92 Å². The van der Waals surface area contributed by atoms with E-state index in [1.54, 1.807) is 0 Å². The number of nitrogen functional groups attached to an aromatic ring is 1. The smallest absolute Gasteiger partial charge is 0.246 e. The van der Waals surface area contributed by atoms with Crippen LogP contribution in [-0.4, -0.2) is 44.4 Å². The van der Waals surface area contributed by atoms with Crippen LogP contribution in [0.4, 0.5) is 11.5 Å². The zero-order valence-corrected chi connectivity index (χ0v) is 20.5. The average Bonchev–Trinajstić information content (AvgIpc) is 2.79. The molecule has 2 aromatic rings. The Morgan fingerprint density at radius 1 is 1.18 bits per heavy atom. The number of aliphatic hydroxyl groups excluding tert-OH is 1. The summed E-state index contributed by atoms with van der Waals surface area (Å²) in [4.78, 5) is 25.3. The maximum Gasteiger partial charge on any atom is 0.246 e. The molecule has 4 rings (SSSR count). The van der Waals surface area contributed by atoms with Gasteiger partial charge in [-0.1, -0.05) is 24.3 Å². The van der Waals surface area contributed by atoms with E-state index in [2.05, 4.69) is 39.6 Å². The fraction of sp³-hybridized carbons (Fsp3) is 0.538. The normalized spacial score (nSPS) is 21.7. The lowest BCUT2D eigenvalue weighted by atomic mass is 9.77. The monoisotopic (exact) mass is 465 g/mol. The van der Waals surface area contributed by atoms with E-state index in [4.69, 9.17) is 15.5 Å². The number of nitrogens with one attached hydrogen (secondary N) is 1. The molecule has 0 bridgehead atoms. The van der Waals surface area contributed by atoms with Crippen molar-refractivity contribution in [2.75, 3.05) is 12.3 Å². The van der Waals surface area contributed by atoms with Crippen molar-refractivity contribution in [2.45, 2.75) is 76.9 Å². The van der Waals surface area contributed by atoms with Gasteiger partial charge in [0.25, 0.3) is 0 Å². The van der Waals surface area contributed by atoms with Crippen LogP contribution >= 0.6 is 0 Å². The minimum atomic E-state index is -0.640. The van der Waals surface area contributed by atoms with E-state index in [0.717, 1.165) is 37.0 Å². The van der Waals surface area contributed by atoms with Gasteiger partial charge in [0.05, 0.1) is 17.9 Å². The molecule has 0 spiro atoms. The summed E-state index contributed by atoms with van der Waals surface area (Å²) in [6.07, 6.45) is 6.11. The number of carbonyl (C=O) groups is 1. The van der Waals surface area contributed by atoms with Gasteiger partial charge >= 0.3 is 0 Å². The molecule has 1 aliphatic heterocycles. The highest BCUT2D eigenvalue weighted by Crippen LogP contribution is 2.40. The lowest BCUT2D eigenvalue weighted by molar-refractivity contribution is -0.124. The van der Waals surface area contributed by atoms with Crippen molar-refractivity contribution in [3.05, 3.63) is 41.7 Å². The maximum atomic E-state index is 12.3. The van der Waals surface area contributed by atoms with Crippen molar-refractivity contribution in [3.63, 3.8) is 0 Å². The van der Waals surface area contributed by atoms with Crippen LogP contribution in [-0.2, 0) is 4.79 Å². The molecule has 182 valence electrons. The summed E-state index contributed by atoms with van der Waals surface area (Å²) in [5, 5.41) is 12.3. The molecule has 1 aromatic carbocycles. The third-order valence-electron chi connectivity index (χ3n) is 6.81. The first kappa shape index (κ1) is 24.1. The van der Waals surface area contributed by atoms with Crippen molar-refractivity contribution in [2.24, 2.45) is 10.9 Å². The number of carbonyl (C=O) groups excluding carboxylic acids is 1. The number of nitrogens with zero attached hydrogens (tertiary/aromatic N) is 3. The second-order valence-corrected chi connectivity index (χ2v) is 10.6. The van der Waals surface area contributed by atoms with Crippen LogP contribution < -0.4 is 15.8 Å². The molecule has 0 saturated heterocycles. The highest BCUT2D eigenvalue weighted by molar-refractivity contribution is 6.09. The predicted molar refractivity (Wildman–Crippen MR) is 132 cm³/mol. The van der Waals surface area contributed by atoms with E-state index < -0.39 is 11.1 Å². The van der Waals surface area contributed by atoms with Gasteiger partial charge in [-0.05, 0) is 70.8 Å². The molecule has 0 unspecified atom stereocenters. The Morgan fingerprint density at radius 3 is 2.50 bits per heavy atom. The molecule has 34 heavy (non-hydrogen) atoms. The lowest BCUT2D eigenvalue weighted by Crippen LogP contribution is -2.46. The first-order valence-corrected chi connectivity index (χ1v) is 12.0. The molecule has 8 nitrogen and oxygen atoms in total. The second-order valence-electron chi connectivity index (χ2n) is 10.6. The Kier molecular flexibility index (Phi) is 6.62. The van der Waals surface area contributed by atoms with E-state index in [-0.39, 0.29) is 12.5 Å². The van der Waals surface area contributed by atoms with Crippen LogP contribution in [0.3, 0.4) is 0 Å². The quantitative estimate of drug-likeness (QED) is 0.595. The average molecular weight is 466 g/mol. The zero-order valence-electron chi connectivity index (χ0n) is 20.5. The van der Waals surface area contributed by atoms with Gasteiger partial charge < -0.3 is 20.9 Å². The van der Waals surface area contributed by atoms with Crippen molar-refractivity contribution in [1.29, 1.82) is 0 Å². The van der Waals surface area contributed by atoms with Crippen LogP contribution in [0.15, 0.2) is 35.6 Å². The van der Waals surface area contributed by atoms with Crippen molar-refractivity contribution < 1.29 is 14.6 Å². The number of ether oxygens (including phenoxy) is 1. The largest absolute Gasteiger partial charge is 0.463 e. The summed E-state index contributed by atoms with van der Waals surface area (Å²) in [6, 6.07) is 8.55. The predicted octanol–water partition coefficient (Wildman–Crippen LogP) is 3.90. The van der Waals surface area contributed by atoms with Crippen LogP contribution in [0.2, 0.25) is 0 Å². The first-order valence-electron chi connectivity index (χ1n) is 12.0. The van der Waals surface area contributed by atoms with Crippen molar-refractivity contribution >= 4 is 23.1 Å². The van der Waals surface area contributed by atoms with Crippen LogP contribution in [0.5, 0.6) is 5.88 Å². The minimum absolute atomic E-state index is 0.0255. The molecule has 1 aromatic heterocycles. The molecule has 2 heterocycles. The van der Waals surface area contributed by atoms with Gasteiger partial charge in [0.2, 0.25) is 11.8 Å². The fourth-order valence-corrected chi connectivity index (χ4v) is 4.85.